The van der Waals surface area contributed by atoms with Gasteiger partial charge in [0.15, 0.2) is 0 Å². The van der Waals surface area contributed by atoms with Crippen LogP contribution in [0.2, 0.25) is 0 Å². The third-order valence-electron chi connectivity index (χ3n) is 4.09. The summed E-state index contributed by atoms with van der Waals surface area (Å²) >= 11 is 1.22. The molecule has 0 saturated heterocycles. The van der Waals surface area contributed by atoms with Crippen molar-refractivity contribution >= 4 is 28.2 Å². The molecular formula is C21H15FN2O2S. The zero-order valence-electron chi connectivity index (χ0n) is 14.3. The number of nitrogens with zero attached hydrogens (tertiary/aromatic N) is 2. The van der Waals surface area contributed by atoms with E-state index in [1.807, 2.05) is 30.3 Å². The molecule has 2 heterocycles. The highest BCUT2D eigenvalue weighted by Crippen LogP contribution is 2.20. The van der Waals surface area contributed by atoms with Gasteiger partial charge in [0.25, 0.3) is 0 Å². The van der Waals surface area contributed by atoms with Crippen molar-refractivity contribution in [2.45, 2.75) is 13.0 Å². The van der Waals surface area contributed by atoms with Gasteiger partial charge in [0.2, 0.25) is 0 Å². The first-order valence-corrected chi connectivity index (χ1v) is 9.19. The maximum absolute atomic E-state index is 13.7. The van der Waals surface area contributed by atoms with Gasteiger partial charge in [-0.3, -0.25) is 4.98 Å². The van der Waals surface area contributed by atoms with E-state index in [1.54, 1.807) is 24.4 Å². The number of hydrogen-bond donors (Lipinski definition) is 0. The Hall–Kier alpha value is -3.12. The minimum Gasteiger partial charge on any atom is -0.457 e. The third-order valence-corrected chi connectivity index (χ3v) is 5.07. The molecule has 0 atom stereocenters. The second-order valence-corrected chi connectivity index (χ2v) is 7.11. The van der Waals surface area contributed by atoms with E-state index in [2.05, 4.69) is 9.97 Å². The van der Waals surface area contributed by atoms with Crippen molar-refractivity contribution in [3.63, 3.8) is 0 Å². The number of benzene rings is 2. The molecule has 0 fully saturated rings. The SMILES string of the molecule is O=C(OCc1ccc2cccnc2c1)c1cnc(Cc2ccccc2F)s1. The second kappa shape index (κ2) is 7.63. The monoisotopic (exact) mass is 378 g/mol. The van der Waals surface area contributed by atoms with Crippen LogP contribution in [0.25, 0.3) is 10.9 Å². The van der Waals surface area contributed by atoms with E-state index in [4.69, 9.17) is 4.74 Å². The first kappa shape index (κ1) is 17.3. The number of fused-ring (bicyclic) bond motifs is 1. The minimum atomic E-state index is -0.437. The van der Waals surface area contributed by atoms with Gasteiger partial charge in [-0.1, -0.05) is 36.4 Å². The van der Waals surface area contributed by atoms with Gasteiger partial charge in [-0.15, -0.1) is 11.3 Å². The zero-order valence-corrected chi connectivity index (χ0v) is 15.1. The van der Waals surface area contributed by atoms with Crippen LogP contribution < -0.4 is 0 Å². The van der Waals surface area contributed by atoms with Crippen LogP contribution in [-0.4, -0.2) is 15.9 Å². The average Bonchev–Trinajstić information content (AvgIpc) is 3.16. The molecule has 0 N–H and O–H groups in total. The number of halogens is 1. The molecule has 0 aliphatic heterocycles. The molecule has 0 radical (unpaired) electrons. The molecule has 4 rings (SSSR count). The molecule has 0 saturated carbocycles. The van der Waals surface area contributed by atoms with E-state index in [0.717, 1.165) is 16.5 Å². The smallest absolute Gasteiger partial charge is 0.350 e. The molecule has 27 heavy (non-hydrogen) atoms. The highest BCUT2D eigenvalue weighted by molar-refractivity contribution is 7.13. The highest BCUT2D eigenvalue weighted by atomic mass is 32.1. The lowest BCUT2D eigenvalue weighted by atomic mass is 10.1. The highest BCUT2D eigenvalue weighted by Gasteiger charge is 2.14. The first-order chi connectivity index (χ1) is 13.2. The standard InChI is InChI=1S/C21H15FN2O2S/c22-17-6-2-1-4-16(17)11-20-24-12-19(27-20)21(25)26-13-14-7-8-15-5-3-9-23-18(15)10-14/h1-10,12H,11,13H2. The Morgan fingerprint density at radius 1 is 1.07 bits per heavy atom. The number of rotatable bonds is 5. The van der Waals surface area contributed by atoms with Gasteiger partial charge in [0.1, 0.15) is 17.3 Å². The molecule has 2 aromatic carbocycles. The third kappa shape index (κ3) is 4.01. The summed E-state index contributed by atoms with van der Waals surface area (Å²) in [5, 5.41) is 1.70. The molecule has 6 heteroatoms. The van der Waals surface area contributed by atoms with Crippen LogP contribution >= 0.6 is 11.3 Å². The second-order valence-electron chi connectivity index (χ2n) is 5.99. The normalized spacial score (nSPS) is 10.9. The molecule has 4 aromatic rings. The summed E-state index contributed by atoms with van der Waals surface area (Å²) in [6, 6.07) is 16.2. The van der Waals surface area contributed by atoms with Crippen molar-refractivity contribution in [2.24, 2.45) is 0 Å². The Kier molecular flexibility index (Phi) is 4.89. The van der Waals surface area contributed by atoms with Crippen LogP contribution in [-0.2, 0) is 17.8 Å². The Labute approximate surface area is 159 Å². The lowest BCUT2D eigenvalue weighted by Crippen LogP contribution is -2.03. The Morgan fingerprint density at radius 2 is 1.96 bits per heavy atom. The maximum Gasteiger partial charge on any atom is 0.350 e. The largest absolute Gasteiger partial charge is 0.457 e. The molecule has 0 aliphatic carbocycles. The van der Waals surface area contributed by atoms with E-state index >= 15 is 0 Å². The maximum atomic E-state index is 13.7. The number of pyridine rings is 1. The number of carbonyl (C=O) groups excluding carboxylic acids is 1. The van der Waals surface area contributed by atoms with Crippen molar-refractivity contribution in [1.29, 1.82) is 0 Å². The van der Waals surface area contributed by atoms with Crippen LogP contribution in [0.5, 0.6) is 0 Å². The van der Waals surface area contributed by atoms with E-state index in [-0.39, 0.29) is 12.4 Å². The number of ether oxygens (including phenoxy) is 1. The summed E-state index contributed by atoms with van der Waals surface area (Å²) in [5.74, 6) is -0.713. The van der Waals surface area contributed by atoms with Gasteiger partial charge in [-0.2, -0.15) is 0 Å². The summed E-state index contributed by atoms with van der Waals surface area (Å²) in [5.41, 5.74) is 2.28. The van der Waals surface area contributed by atoms with Gasteiger partial charge in [0, 0.05) is 18.0 Å². The molecule has 0 bridgehead atoms. The van der Waals surface area contributed by atoms with Crippen molar-refractivity contribution < 1.29 is 13.9 Å². The quantitative estimate of drug-likeness (QED) is 0.469. The molecule has 0 unspecified atom stereocenters. The number of aromatic nitrogens is 2. The van der Waals surface area contributed by atoms with Crippen molar-refractivity contribution in [3.05, 3.63) is 93.8 Å². The fourth-order valence-electron chi connectivity index (χ4n) is 2.71. The van der Waals surface area contributed by atoms with Gasteiger partial charge >= 0.3 is 5.97 Å². The summed E-state index contributed by atoms with van der Waals surface area (Å²) in [6.07, 6.45) is 3.55. The molecule has 0 spiro atoms. The molecule has 134 valence electrons. The predicted molar refractivity (Wildman–Crippen MR) is 102 cm³/mol. The fourth-order valence-corrected chi connectivity index (χ4v) is 3.55. The Morgan fingerprint density at radius 3 is 2.85 bits per heavy atom. The Balaban J connectivity index is 1.41. The average molecular weight is 378 g/mol. The van der Waals surface area contributed by atoms with Crippen molar-refractivity contribution in [1.82, 2.24) is 9.97 Å². The van der Waals surface area contributed by atoms with E-state index in [0.29, 0.717) is 21.9 Å². The summed E-state index contributed by atoms with van der Waals surface area (Å²) in [7, 11) is 0. The lowest BCUT2D eigenvalue weighted by Gasteiger charge is -2.04. The number of esters is 1. The molecule has 2 aromatic heterocycles. The molecular weight excluding hydrogens is 363 g/mol. The topological polar surface area (TPSA) is 52.1 Å². The van der Waals surface area contributed by atoms with E-state index < -0.39 is 5.97 Å². The number of carbonyl (C=O) groups is 1. The molecule has 4 nitrogen and oxygen atoms in total. The van der Waals surface area contributed by atoms with Crippen molar-refractivity contribution in [2.75, 3.05) is 0 Å². The predicted octanol–water partition coefficient (Wildman–Crippen LogP) is 4.78. The summed E-state index contributed by atoms with van der Waals surface area (Å²) < 4.78 is 19.1. The summed E-state index contributed by atoms with van der Waals surface area (Å²) in [6.45, 7) is 0.159. The van der Waals surface area contributed by atoms with E-state index in [9.17, 15) is 9.18 Å². The van der Waals surface area contributed by atoms with Gasteiger partial charge in [0.05, 0.1) is 16.7 Å². The van der Waals surface area contributed by atoms with Crippen LogP contribution in [0.15, 0.2) is 67.0 Å². The van der Waals surface area contributed by atoms with Gasteiger partial charge in [-0.05, 0) is 29.3 Å². The molecule has 0 aliphatic rings. The zero-order chi connectivity index (χ0) is 18.6. The van der Waals surface area contributed by atoms with Crippen molar-refractivity contribution in [3.8, 4) is 0 Å². The van der Waals surface area contributed by atoms with E-state index in [1.165, 1.54) is 23.6 Å². The fraction of sp³-hybridized carbons (Fsp3) is 0.0952. The number of hydrogen-bond acceptors (Lipinski definition) is 5. The van der Waals surface area contributed by atoms with Gasteiger partial charge < -0.3 is 4.74 Å². The van der Waals surface area contributed by atoms with Crippen LogP contribution in [0, 0.1) is 5.82 Å². The van der Waals surface area contributed by atoms with Crippen LogP contribution in [0.3, 0.4) is 0 Å². The summed E-state index contributed by atoms with van der Waals surface area (Å²) in [4.78, 5) is 21.2. The Bertz CT molecular complexity index is 1110. The lowest BCUT2D eigenvalue weighted by molar-refractivity contribution is 0.0478. The number of thiazole rings is 1. The van der Waals surface area contributed by atoms with Crippen LogP contribution in [0.1, 0.15) is 25.8 Å². The van der Waals surface area contributed by atoms with Crippen LogP contribution in [0.4, 0.5) is 4.39 Å². The molecule has 0 amide bonds. The minimum absolute atomic E-state index is 0.159. The first-order valence-electron chi connectivity index (χ1n) is 8.38. The van der Waals surface area contributed by atoms with Gasteiger partial charge in [-0.25, -0.2) is 14.2 Å².